The van der Waals surface area contributed by atoms with Crippen LogP contribution in [0.25, 0.3) is 0 Å². The molecule has 20 heavy (non-hydrogen) atoms. The maximum absolute atomic E-state index is 13.7. The molecule has 0 aromatic heterocycles. The van der Waals surface area contributed by atoms with Crippen LogP contribution in [0.4, 0.5) is 17.6 Å². The zero-order chi connectivity index (χ0) is 14.9. The molecule has 106 valence electrons. The summed E-state index contributed by atoms with van der Waals surface area (Å²) in [6, 6.07) is 5.72. The van der Waals surface area contributed by atoms with Crippen LogP contribution in [0.3, 0.4) is 0 Å². The molecule has 0 bridgehead atoms. The number of hydrogen-bond acceptors (Lipinski definition) is 0. The number of alkyl halides is 1. The van der Waals surface area contributed by atoms with E-state index in [1.54, 1.807) is 0 Å². The summed E-state index contributed by atoms with van der Waals surface area (Å²) in [6.07, 6.45) is -0.222. The van der Waals surface area contributed by atoms with Gasteiger partial charge in [-0.3, -0.25) is 0 Å². The van der Waals surface area contributed by atoms with E-state index in [9.17, 15) is 17.6 Å². The van der Waals surface area contributed by atoms with Crippen molar-refractivity contribution < 1.29 is 17.6 Å². The van der Waals surface area contributed by atoms with Gasteiger partial charge < -0.3 is 0 Å². The van der Waals surface area contributed by atoms with Gasteiger partial charge in [-0.05, 0) is 30.2 Å². The Kier molecular flexibility index (Phi) is 4.70. The maximum atomic E-state index is 13.7. The fraction of sp³-hybridized carbons (Fsp3) is 0.143. The summed E-state index contributed by atoms with van der Waals surface area (Å²) in [5.74, 6) is -3.76. The van der Waals surface area contributed by atoms with E-state index in [2.05, 4.69) is 15.9 Å². The summed E-state index contributed by atoms with van der Waals surface area (Å²) < 4.78 is 54.3. The van der Waals surface area contributed by atoms with Crippen LogP contribution in [0.15, 0.2) is 34.8 Å². The lowest BCUT2D eigenvalue weighted by Gasteiger charge is -2.13. The van der Waals surface area contributed by atoms with E-state index in [-0.39, 0.29) is 22.0 Å². The second-order valence-corrected chi connectivity index (χ2v) is 5.61. The minimum Gasteiger partial charge on any atom is -0.206 e. The zero-order valence-corrected chi connectivity index (χ0v) is 12.3. The molecule has 0 saturated heterocycles. The number of rotatable bonds is 3. The molecule has 1 atom stereocenters. The van der Waals surface area contributed by atoms with Crippen molar-refractivity contribution in [1.82, 2.24) is 0 Å². The van der Waals surface area contributed by atoms with Crippen molar-refractivity contribution in [2.75, 3.05) is 0 Å². The van der Waals surface area contributed by atoms with E-state index in [0.29, 0.717) is 0 Å². The van der Waals surface area contributed by atoms with Gasteiger partial charge in [-0.15, -0.1) is 11.6 Å². The fourth-order valence-electron chi connectivity index (χ4n) is 1.85. The third kappa shape index (κ3) is 3.15. The molecule has 0 N–H and O–H groups in total. The molecule has 0 aliphatic rings. The highest BCUT2D eigenvalue weighted by molar-refractivity contribution is 9.10. The molecule has 0 nitrogen and oxygen atoms in total. The average Bonchev–Trinajstić information content (AvgIpc) is 2.33. The molecule has 0 aliphatic heterocycles. The lowest BCUT2D eigenvalue weighted by atomic mass is 10.0. The van der Waals surface area contributed by atoms with E-state index in [4.69, 9.17) is 11.6 Å². The predicted molar refractivity (Wildman–Crippen MR) is 72.7 cm³/mol. The third-order valence-electron chi connectivity index (χ3n) is 2.79. The molecule has 0 spiro atoms. The van der Waals surface area contributed by atoms with Crippen LogP contribution in [0.5, 0.6) is 0 Å². The van der Waals surface area contributed by atoms with Gasteiger partial charge in [-0.1, -0.05) is 28.1 Å². The van der Waals surface area contributed by atoms with Crippen molar-refractivity contribution in [3.8, 4) is 0 Å². The van der Waals surface area contributed by atoms with Crippen molar-refractivity contribution >= 4 is 27.5 Å². The van der Waals surface area contributed by atoms with Crippen LogP contribution in [-0.4, -0.2) is 0 Å². The molecule has 0 fully saturated rings. The Balaban J connectivity index is 2.33. The van der Waals surface area contributed by atoms with Crippen LogP contribution in [-0.2, 0) is 6.42 Å². The van der Waals surface area contributed by atoms with E-state index in [1.165, 1.54) is 12.1 Å². The molecule has 2 aromatic rings. The van der Waals surface area contributed by atoms with Crippen molar-refractivity contribution in [3.05, 3.63) is 69.2 Å². The third-order valence-corrected chi connectivity index (χ3v) is 3.62. The first-order chi connectivity index (χ1) is 9.40. The molecule has 2 rings (SSSR count). The van der Waals surface area contributed by atoms with Crippen LogP contribution in [0.2, 0.25) is 0 Å². The monoisotopic (exact) mass is 366 g/mol. The van der Waals surface area contributed by atoms with E-state index >= 15 is 0 Å². The Bertz CT molecular complexity index is 622. The van der Waals surface area contributed by atoms with Gasteiger partial charge in [-0.25, -0.2) is 17.6 Å². The van der Waals surface area contributed by atoms with Crippen LogP contribution >= 0.6 is 27.5 Å². The van der Waals surface area contributed by atoms with Crippen LogP contribution < -0.4 is 0 Å². The summed E-state index contributed by atoms with van der Waals surface area (Å²) in [7, 11) is 0. The second-order valence-electron chi connectivity index (χ2n) is 4.17. The van der Waals surface area contributed by atoms with Crippen molar-refractivity contribution in [2.45, 2.75) is 11.8 Å². The molecular formula is C14H8BrClF4. The smallest absolute Gasteiger partial charge is 0.162 e. The topological polar surface area (TPSA) is 0 Å². The van der Waals surface area contributed by atoms with Gasteiger partial charge in [0, 0.05) is 10.0 Å². The number of halogens is 6. The molecule has 0 aliphatic carbocycles. The van der Waals surface area contributed by atoms with Gasteiger partial charge >= 0.3 is 0 Å². The normalized spacial score (nSPS) is 12.5. The van der Waals surface area contributed by atoms with E-state index < -0.39 is 28.6 Å². The number of hydrogen-bond donors (Lipinski definition) is 0. The summed E-state index contributed by atoms with van der Waals surface area (Å²) in [5, 5.41) is -1.14. The zero-order valence-electron chi connectivity index (χ0n) is 9.94. The lowest BCUT2D eigenvalue weighted by Crippen LogP contribution is -2.05. The SMILES string of the molecule is Fc1cccc(CC(Cl)c2c(F)cc(Br)cc2F)c1F. The van der Waals surface area contributed by atoms with Crippen molar-refractivity contribution in [2.24, 2.45) is 0 Å². The fourth-order valence-corrected chi connectivity index (χ4v) is 2.63. The highest BCUT2D eigenvalue weighted by atomic mass is 79.9. The van der Waals surface area contributed by atoms with Gasteiger partial charge in [0.15, 0.2) is 11.6 Å². The minimum absolute atomic E-state index is 0.0354. The molecule has 2 aromatic carbocycles. The van der Waals surface area contributed by atoms with Gasteiger partial charge in [0.2, 0.25) is 0 Å². The maximum Gasteiger partial charge on any atom is 0.162 e. The standard InChI is InChI=1S/C14H8BrClF4/c15-8-5-11(18)13(12(19)6-8)9(16)4-7-2-1-3-10(17)14(7)20/h1-3,5-6,9H,4H2. The van der Waals surface area contributed by atoms with E-state index in [1.807, 2.05) is 0 Å². The minimum atomic E-state index is -1.14. The Labute approximate surface area is 126 Å². The molecule has 1 unspecified atom stereocenters. The molecule has 0 saturated carbocycles. The van der Waals surface area contributed by atoms with Crippen LogP contribution in [0, 0.1) is 23.3 Å². The van der Waals surface area contributed by atoms with Gasteiger partial charge in [0.05, 0.1) is 5.38 Å². The summed E-state index contributed by atoms with van der Waals surface area (Å²) in [5.41, 5.74) is -0.398. The first-order valence-electron chi connectivity index (χ1n) is 5.61. The highest BCUT2D eigenvalue weighted by Crippen LogP contribution is 2.32. The molecule has 6 heteroatoms. The van der Waals surface area contributed by atoms with Crippen LogP contribution in [0.1, 0.15) is 16.5 Å². The Morgan fingerprint density at radius 2 is 1.60 bits per heavy atom. The first-order valence-corrected chi connectivity index (χ1v) is 6.84. The van der Waals surface area contributed by atoms with E-state index in [0.717, 1.165) is 18.2 Å². The first kappa shape index (κ1) is 15.3. The Hall–Kier alpha value is -1.07. The quantitative estimate of drug-likeness (QED) is 0.494. The molecule has 0 radical (unpaired) electrons. The van der Waals surface area contributed by atoms with Gasteiger partial charge in [0.1, 0.15) is 11.6 Å². The number of benzene rings is 2. The molecule has 0 heterocycles. The second kappa shape index (κ2) is 6.14. The molecular weight excluding hydrogens is 360 g/mol. The average molecular weight is 368 g/mol. The summed E-state index contributed by atoms with van der Waals surface area (Å²) in [4.78, 5) is 0. The Morgan fingerprint density at radius 1 is 1.00 bits per heavy atom. The van der Waals surface area contributed by atoms with Gasteiger partial charge in [-0.2, -0.15) is 0 Å². The summed E-state index contributed by atoms with van der Waals surface area (Å²) in [6.45, 7) is 0. The van der Waals surface area contributed by atoms with Crippen molar-refractivity contribution in [1.29, 1.82) is 0 Å². The largest absolute Gasteiger partial charge is 0.206 e. The summed E-state index contributed by atoms with van der Waals surface area (Å²) >= 11 is 8.90. The highest BCUT2D eigenvalue weighted by Gasteiger charge is 2.21. The van der Waals surface area contributed by atoms with Crippen molar-refractivity contribution in [3.63, 3.8) is 0 Å². The lowest BCUT2D eigenvalue weighted by molar-refractivity contribution is 0.495. The predicted octanol–water partition coefficient (Wildman–Crippen LogP) is 5.53. The molecule has 0 amide bonds. The van der Waals surface area contributed by atoms with Gasteiger partial charge in [0.25, 0.3) is 0 Å². The Morgan fingerprint density at radius 3 is 2.20 bits per heavy atom.